The number of hydrogen-bond acceptors (Lipinski definition) is 5. The third kappa shape index (κ3) is 9.84. The van der Waals surface area contributed by atoms with Crippen LogP contribution in [0.1, 0.15) is 27.2 Å². The number of carbonyl (C=O) groups is 1. The lowest BCUT2D eigenvalue weighted by Gasteiger charge is -2.22. The number of rotatable bonds is 9. The van der Waals surface area contributed by atoms with Crippen LogP contribution in [-0.2, 0) is 24.0 Å². The summed E-state index contributed by atoms with van der Waals surface area (Å²) in [6.45, 7) is 7.02. The number of esters is 1. The highest BCUT2D eigenvalue weighted by molar-refractivity contribution is 5.81. The van der Waals surface area contributed by atoms with Crippen molar-refractivity contribution in [3.63, 3.8) is 0 Å². The number of ether oxygens (including phenoxy) is 2. The van der Waals surface area contributed by atoms with Crippen molar-refractivity contribution in [2.45, 2.75) is 27.2 Å². The van der Waals surface area contributed by atoms with Crippen LogP contribution in [0.2, 0.25) is 0 Å². The minimum atomic E-state index is -0.424. The Morgan fingerprint density at radius 3 is 2.59 bits per heavy atom. The molecule has 0 amide bonds. The first-order chi connectivity index (χ1) is 8.02. The standard InChI is InChI=1S/C12H22O5/c1-5-7-15-8-6-11(13)16-9-12(2,3)10-17-14-4/h6,8H,5,7,9-10H2,1-4H3. The predicted molar refractivity (Wildman–Crippen MR) is 63.1 cm³/mol. The summed E-state index contributed by atoms with van der Waals surface area (Å²) in [5.74, 6) is -0.424. The highest BCUT2D eigenvalue weighted by Crippen LogP contribution is 2.15. The van der Waals surface area contributed by atoms with Gasteiger partial charge in [0.2, 0.25) is 0 Å². The zero-order chi connectivity index (χ0) is 13.1. The van der Waals surface area contributed by atoms with Gasteiger partial charge in [-0.1, -0.05) is 20.8 Å². The van der Waals surface area contributed by atoms with Crippen LogP contribution in [0, 0.1) is 5.41 Å². The maximum atomic E-state index is 11.3. The smallest absolute Gasteiger partial charge is 0.333 e. The van der Waals surface area contributed by atoms with Gasteiger partial charge in [0, 0.05) is 5.41 Å². The maximum Gasteiger partial charge on any atom is 0.333 e. The summed E-state index contributed by atoms with van der Waals surface area (Å²) in [6, 6.07) is 0. The Hall–Kier alpha value is -1.07. The summed E-state index contributed by atoms with van der Waals surface area (Å²) < 4.78 is 10.1. The second-order valence-electron chi connectivity index (χ2n) is 4.37. The Morgan fingerprint density at radius 2 is 2.00 bits per heavy atom. The summed E-state index contributed by atoms with van der Waals surface area (Å²) in [5, 5.41) is 0. The Balaban J connectivity index is 3.78. The van der Waals surface area contributed by atoms with Crippen LogP contribution in [0.5, 0.6) is 0 Å². The molecule has 0 aromatic carbocycles. The monoisotopic (exact) mass is 246 g/mol. The van der Waals surface area contributed by atoms with Gasteiger partial charge in [-0.15, -0.1) is 0 Å². The molecule has 17 heavy (non-hydrogen) atoms. The summed E-state index contributed by atoms with van der Waals surface area (Å²) in [5.41, 5.74) is -0.288. The fourth-order valence-electron chi connectivity index (χ4n) is 0.864. The molecule has 0 aromatic rings. The van der Waals surface area contributed by atoms with E-state index in [1.165, 1.54) is 19.4 Å². The van der Waals surface area contributed by atoms with Crippen LogP contribution in [0.3, 0.4) is 0 Å². The van der Waals surface area contributed by atoms with Crippen molar-refractivity contribution in [2.24, 2.45) is 5.41 Å². The Kier molecular flexibility index (Phi) is 8.44. The second kappa shape index (κ2) is 9.01. The summed E-state index contributed by atoms with van der Waals surface area (Å²) in [6.07, 6.45) is 3.52. The predicted octanol–water partition coefficient (Wildman–Crippen LogP) is 2.07. The third-order valence-electron chi connectivity index (χ3n) is 1.80. The van der Waals surface area contributed by atoms with Crippen LogP contribution >= 0.6 is 0 Å². The van der Waals surface area contributed by atoms with Gasteiger partial charge >= 0.3 is 5.97 Å². The molecular formula is C12H22O5. The van der Waals surface area contributed by atoms with E-state index in [1.807, 2.05) is 20.8 Å². The van der Waals surface area contributed by atoms with Crippen LogP contribution in [0.25, 0.3) is 0 Å². The van der Waals surface area contributed by atoms with E-state index in [9.17, 15) is 4.79 Å². The molecule has 0 radical (unpaired) electrons. The molecule has 0 spiro atoms. The van der Waals surface area contributed by atoms with Crippen LogP contribution in [0.15, 0.2) is 12.3 Å². The molecule has 100 valence electrons. The van der Waals surface area contributed by atoms with Crippen LogP contribution in [-0.4, -0.2) is 32.9 Å². The van der Waals surface area contributed by atoms with E-state index in [-0.39, 0.29) is 12.0 Å². The highest BCUT2D eigenvalue weighted by Gasteiger charge is 2.20. The molecule has 0 aliphatic carbocycles. The molecule has 0 rings (SSSR count). The van der Waals surface area contributed by atoms with Crippen molar-refractivity contribution in [1.29, 1.82) is 0 Å². The zero-order valence-electron chi connectivity index (χ0n) is 11.0. The first kappa shape index (κ1) is 15.9. The Morgan fingerprint density at radius 1 is 1.29 bits per heavy atom. The summed E-state index contributed by atoms with van der Waals surface area (Å²) in [4.78, 5) is 20.6. The Labute approximate surface area is 103 Å². The van der Waals surface area contributed by atoms with Crippen molar-refractivity contribution in [1.82, 2.24) is 0 Å². The van der Waals surface area contributed by atoms with Gasteiger partial charge in [0.05, 0.1) is 39.3 Å². The quantitative estimate of drug-likeness (QED) is 0.156. The average molecular weight is 246 g/mol. The number of carbonyl (C=O) groups excluding carboxylic acids is 1. The first-order valence-corrected chi connectivity index (χ1v) is 5.62. The van der Waals surface area contributed by atoms with Crippen molar-refractivity contribution >= 4 is 5.97 Å². The summed E-state index contributed by atoms with van der Waals surface area (Å²) >= 11 is 0. The fraction of sp³-hybridized carbons (Fsp3) is 0.750. The minimum absolute atomic E-state index is 0.257. The Bertz CT molecular complexity index is 235. The van der Waals surface area contributed by atoms with Crippen LogP contribution < -0.4 is 0 Å². The van der Waals surface area contributed by atoms with Crippen molar-refractivity contribution in [3.05, 3.63) is 12.3 Å². The van der Waals surface area contributed by atoms with E-state index in [2.05, 4.69) is 4.89 Å². The molecule has 0 heterocycles. The molecule has 0 aliphatic rings. The SMILES string of the molecule is CCCOC=CC(=O)OCC(C)(C)COOC. The molecule has 0 bridgehead atoms. The van der Waals surface area contributed by atoms with E-state index in [1.54, 1.807) is 0 Å². The van der Waals surface area contributed by atoms with E-state index in [4.69, 9.17) is 14.4 Å². The molecule has 0 aliphatic heterocycles. The molecule has 5 nitrogen and oxygen atoms in total. The van der Waals surface area contributed by atoms with Gasteiger partial charge in [0.1, 0.15) is 0 Å². The number of hydrogen-bond donors (Lipinski definition) is 0. The average Bonchev–Trinajstić information content (AvgIpc) is 2.30. The van der Waals surface area contributed by atoms with E-state index in [0.29, 0.717) is 13.2 Å². The fourth-order valence-corrected chi connectivity index (χ4v) is 0.864. The third-order valence-corrected chi connectivity index (χ3v) is 1.80. The molecule has 0 fully saturated rings. The van der Waals surface area contributed by atoms with Gasteiger partial charge in [-0.25, -0.2) is 14.6 Å². The first-order valence-electron chi connectivity index (χ1n) is 5.62. The van der Waals surface area contributed by atoms with Crippen molar-refractivity contribution < 1.29 is 24.0 Å². The lowest BCUT2D eigenvalue weighted by atomic mass is 9.97. The van der Waals surface area contributed by atoms with Gasteiger partial charge in [-0.3, -0.25) is 0 Å². The topological polar surface area (TPSA) is 54.0 Å². The van der Waals surface area contributed by atoms with Crippen LogP contribution in [0.4, 0.5) is 0 Å². The molecule has 0 saturated heterocycles. The molecule has 5 heteroatoms. The van der Waals surface area contributed by atoms with E-state index >= 15 is 0 Å². The molecule has 0 N–H and O–H groups in total. The molecule has 0 unspecified atom stereocenters. The summed E-state index contributed by atoms with van der Waals surface area (Å²) in [7, 11) is 1.44. The largest absolute Gasteiger partial charge is 0.501 e. The normalized spacial score (nSPS) is 11.8. The van der Waals surface area contributed by atoms with Crippen molar-refractivity contribution in [3.8, 4) is 0 Å². The molecule has 0 saturated carbocycles. The second-order valence-corrected chi connectivity index (χ2v) is 4.37. The molecule has 0 aromatic heterocycles. The molecular weight excluding hydrogens is 224 g/mol. The van der Waals surface area contributed by atoms with Gasteiger partial charge in [-0.2, -0.15) is 0 Å². The lowest BCUT2D eigenvalue weighted by Crippen LogP contribution is -2.26. The van der Waals surface area contributed by atoms with Crippen molar-refractivity contribution in [2.75, 3.05) is 26.9 Å². The van der Waals surface area contributed by atoms with E-state index in [0.717, 1.165) is 6.42 Å². The molecule has 0 atom stereocenters. The lowest BCUT2D eigenvalue weighted by molar-refractivity contribution is -0.289. The van der Waals surface area contributed by atoms with Gasteiger partial charge in [0.15, 0.2) is 0 Å². The van der Waals surface area contributed by atoms with Gasteiger partial charge < -0.3 is 9.47 Å². The van der Waals surface area contributed by atoms with E-state index < -0.39 is 5.97 Å². The zero-order valence-corrected chi connectivity index (χ0v) is 11.0. The minimum Gasteiger partial charge on any atom is -0.501 e. The van der Waals surface area contributed by atoms with Gasteiger partial charge in [0.25, 0.3) is 0 Å². The maximum absolute atomic E-state index is 11.3. The van der Waals surface area contributed by atoms with Gasteiger partial charge in [-0.05, 0) is 6.42 Å². The highest BCUT2D eigenvalue weighted by atomic mass is 17.2.